The Morgan fingerprint density at radius 3 is 2.96 bits per heavy atom. The van der Waals surface area contributed by atoms with Crippen molar-refractivity contribution in [2.75, 3.05) is 6.54 Å². The molecule has 2 atom stereocenters. The van der Waals surface area contributed by atoms with Gasteiger partial charge in [0.25, 0.3) is 5.91 Å². The number of aromatic hydroxyl groups is 1. The normalized spacial score (nSPS) is 19.8. The Bertz CT molecular complexity index is 843. The molecule has 2 N–H and O–H groups in total. The molecule has 1 aliphatic rings. The third-order valence-electron chi connectivity index (χ3n) is 4.32. The summed E-state index contributed by atoms with van der Waals surface area (Å²) in [6.07, 6.45) is 3.57. The van der Waals surface area contributed by atoms with Crippen LogP contribution in [-0.4, -0.2) is 39.4 Å². The number of amides is 1. The first-order valence-corrected chi connectivity index (χ1v) is 7.71. The predicted molar refractivity (Wildman–Crippen MR) is 86.3 cm³/mol. The molecule has 7 nitrogen and oxygen atoms in total. The van der Waals surface area contributed by atoms with E-state index in [-0.39, 0.29) is 35.7 Å². The van der Waals surface area contributed by atoms with Gasteiger partial charge >= 0.3 is 0 Å². The average Bonchev–Trinajstić information content (AvgIpc) is 3.07. The monoisotopic (exact) mass is 324 g/mol. The van der Waals surface area contributed by atoms with Gasteiger partial charge in [0.2, 0.25) is 6.04 Å². The number of rotatable bonds is 4. The quantitative estimate of drug-likeness (QED) is 0.835. The molecule has 0 radical (unpaired) electrons. The fourth-order valence-corrected chi connectivity index (χ4v) is 3.08. The van der Waals surface area contributed by atoms with Gasteiger partial charge in [-0.05, 0) is 31.0 Å². The topological polar surface area (TPSA) is 96.5 Å². The first-order chi connectivity index (χ1) is 11.6. The van der Waals surface area contributed by atoms with Gasteiger partial charge in [-0.15, -0.1) is 0 Å². The molecule has 1 aliphatic carbocycles. The summed E-state index contributed by atoms with van der Waals surface area (Å²) in [7, 11) is 0. The number of Topliss-reactive ketones (excluding diaryl/α,β-unsaturated/α-hetero) is 1. The number of carbonyl (C=O) groups is 2. The minimum Gasteiger partial charge on any atom is -0.508 e. The SMILES string of the molecule is [C-]#[N+][C@@H]1CCCC1C(=O)CNC(=O)c1ncnc2ccc(O)cc12. The molecule has 0 spiro atoms. The van der Waals surface area contributed by atoms with Gasteiger partial charge in [0.1, 0.15) is 17.8 Å². The fourth-order valence-electron chi connectivity index (χ4n) is 3.08. The maximum Gasteiger partial charge on any atom is 0.271 e. The van der Waals surface area contributed by atoms with Crippen LogP contribution in [0.25, 0.3) is 15.7 Å². The highest BCUT2D eigenvalue weighted by Gasteiger charge is 2.37. The summed E-state index contributed by atoms with van der Waals surface area (Å²) in [5.74, 6) is -0.913. The number of phenolic OH excluding ortho intramolecular Hbond substituents is 1. The van der Waals surface area contributed by atoms with E-state index in [2.05, 4.69) is 20.1 Å². The molecule has 122 valence electrons. The molecule has 0 saturated heterocycles. The summed E-state index contributed by atoms with van der Waals surface area (Å²) in [6, 6.07) is 4.21. The number of hydrogen-bond donors (Lipinski definition) is 2. The highest BCUT2D eigenvalue weighted by molar-refractivity contribution is 6.05. The zero-order valence-electron chi connectivity index (χ0n) is 12.9. The number of fused-ring (bicyclic) bond motifs is 1. The van der Waals surface area contributed by atoms with Crippen LogP contribution in [0.15, 0.2) is 24.5 Å². The van der Waals surface area contributed by atoms with Crippen molar-refractivity contribution in [1.29, 1.82) is 0 Å². The van der Waals surface area contributed by atoms with Crippen molar-refractivity contribution in [3.05, 3.63) is 41.6 Å². The van der Waals surface area contributed by atoms with E-state index >= 15 is 0 Å². The minimum atomic E-state index is -0.501. The zero-order valence-corrected chi connectivity index (χ0v) is 12.9. The van der Waals surface area contributed by atoms with Gasteiger partial charge in [0.15, 0.2) is 5.78 Å². The van der Waals surface area contributed by atoms with Crippen LogP contribution in [-0.2, 0) is 4.79 Å². The highest BCUT2D eigenvalue weighted by atomic mass is 16.3. The predicted octanol–water partition coefficient (Wildman–Crippen LogP) is 1.72. The van der Waals surface area contributed by atoms with Crippen LogP contribution in [0.1, 0.15) is 29.8 Å². The summed E-state index contributed by atoms with van der Waals surface area (Å²) in [4.78, 5) is 36.1. The summed E-state index contributed by atoms with van der Waals surface area (Å²) >= 11 is 0. The van der Waals surface area contributed by atoms with Crippen molar-refractivity contribution in [3.8, 4) is 5.75 Å². The number of carbonyl (C=O) groups excluding carboxylic acids is 2. The van der Waals surface area contributed by atoms with E-state index in [4.69, 9.17) is 6.57 Å². The van der Waals surface area contributed by atoms with Gasteiger partial charge in [-0.25, -0.2) is 16.5 Å². The molecule has 2 aromatic rings. The van der Waals surface area contributed by atoms with Gasteiger partial charge in [-0.3, -0.25) is 9.59 Å². The van der Waals surface area contributed by atoms with Crippen molar-refractivity contribution in [2.45, 2.75) is 25.3 Å². The number of benzene rings is 1. The molecule has 0 aliphatic heterocycles. The molecule has 0 bridgehead atoms. The third-order valence-corrected chi connectivity index (χ3v) is 4.32. The fraction of sp³-hybridized carbons (Fsp3) is 0.353. The lowest BCUT2D eigenvalue weighted by molar-refractivity contribution is -0.121. The van der Waals surface area contributed by atoms with Crippen molar-refractivity contribution >= 4 is 22.6 Å². The molecule has 1 aromatic heterocycles. The summed E-state index contributed by atoms with van der Waals surface area (Å²) < 4.78 is 0. The number of phenols is 1. The number of nitrogens with one attached hydrogen (secondary N) is 1. The standard InChI is InChI=1S/C17H16N4O3/c1-18-13-4-2-3-11(13)15(23)8-19-17(24)16-12-7-10(22)5-6-14(12)20-9-21-16/h5-7,9,11,13,22H,2-4,8H2,(H,19,24)/t11?,13-/m1/s1. The van der Waals surface area contributed by atoms with Crippen molar-refractivity contribution in [2.24, 2.45) is 5.92 Å². The van der Waals surface area contributed by atoms with E-state index in [1.807, 2.05) is 0 Å². The van der Waals surface area contributed by atoms with E-state index in [0.717, 1.165) is 12.8 Å². The Balaban J connectivity index is 1.73. The van der Waals surface area contributed by atoms with Crippen molar-refractivity contribution in [1.82, 2.24) is 15.3 Å². The van der Waals surface area contributed by atoms with E-state index in [0.29, 0.717) is 17.3 Å². The smallest absolute Gasteiger partial charge is 0.271 e. The van der Waals surface area contributed by atoms with Crippen LogP contribution >= 0.6 is 0 Å². The van der Waals surface area contributed by atoms with Crippen molar-refractivity contribution in [3.63, 3.8) is 0 Å². The lowest BCUT2D eigenvalue weighted by atomic mass is 9.98. The first-order valence-electron chi connectivity index (χ1n) is 7.71. The molecule has 1 heterocycles. The van der Waals surface area contributed by atoms with Gasteiger partial charge < -0.3 is 15.3 Å². The first kappa shape index (κ1) is 15.9. The lowest BCUT2D eigenvalue weighted by Gasteiger charge is -2.10. The Morgan fingerprint density at radius 2 is 2.17 bits per heavy atom. The average molecular weight is 324 g/mol. The largest absolute Gasteiger partial charge is 0.508 e. The maximum atomic E-state index is 12.3. The number of nitrogens with zero attached hydrogens (tertiary/aromatic N) is 3. The van der Waals surface area contributed by atoms with Crippen LogP contribution in [0.4, 0.5) is 0 Å². The summed E-state index contributed by atoms with van der Waals surface area (Å²) in [5, 5.41) is 12.6. The Morgan fingerprint density at radius 1 is 1.33 bits per heavy atom. The van der Waals surface area contributed by atoms with Crippen molar-refractivity contribution < 1.29 is 14.7 Å². The molecule has 3 rings (SSSR count). The van der Waals surface area contributed by atoms with Gasteiger partial charge in [-0.2, -0.15) is 0 Å². The van der Waals surface area contributed by atoms with Crippen LogP contribution in [0, 0.1) is 12.5 Å². The molecular formula is C17H16N4O3. The van der Waals surface area contributed by atoms with Gasteiger partial charge in [-0.1, -0.05) is 0 Å². The Hall–Kier alpha value is -3.01. The van der Waals surface area contributed by atoms with Crippen LogP contribution in [0.3, 0.4) is 0 Å². The van der Waals surface area contributed by atoms with E-state index in [1.165, 1.54) is 18.5 Å². The van der Waals surface area contributed by atoms with Crippen LogP contribution in [0.2, 0.25) is 0 Å². The lowest BCUT2D eigenvalue weighted by Crippen LogP contribution is -2.35. The molecule has 1 unspecified atom stereocenters. The molecule has 1 amide bonds. The Labute approximate surface area is 138 Å². The van der Waals surface area contributed by atoms with Crippen LogP contribution in [0.5, 0.6) is 5.75 Å². The third kappa shape index (κ3) is 3.04. The second-order valence-electron chi connectivity index (χ2n) is 5.81. The molecule has 1 fully saturated rings. The molecular weight excluding hydrogens is 308 g/mol. The minimum absolute atomic E-state index is 0.00767. The maximum absolute atomic E-state index is 12.3. The van der Waals surface area contributed by atoms with Gasteiger partial charge in [0.05, 0.1) is 18.0 Å². The van der Waals surface area contributed by atoms with E-state index < -0.39 is 5.91 Å². The van der Waals surface area contributed by atoms with Gasteiger partial charge in [0, 0.05) is 11.8 Å². The molecule has 1 aromatic carbocycles. The van der Waals surface area contributed by atoms with E-state index in [9.17, 15) is 14.7 Å². The summed E-state index contributed by atoms with van der Waals surface area (Å²) in [5.41, 5.74) is 0.639. The second kappa shape index (κ2) is 6.62. The second-order valence-corrected chi connectivity index (χ2v) is 5.81. The molecule has 24 heavy (non-hydrogen) atoms. The number of ketones is 1. The number of aromatic nitrogens is 2. The molecule has 7 heteroatoms. The summed E-state index contributed by atoms with van der Waals surface area (Å²) in [6.45, 7) is 7.00. The highest BCUT2D eigenvalue weighted by Crippen LogP contribution is 2.29. The zero-order chi connectivity index (χ0) is 17.1. The van der Waals surface area contributed by atoms with Crippen LogP contribution < -0.4 is 5.32 Å². The van der Waals surface area contributed by atoms with E-state index in [1.54, 1.807) is 6.07 Å². The number of hydrogen-bond acceptors (Lipinski definition) is 5. The molecule has 1 saturated carbocycles. The Kier molecular flexibility index (Phi) is 4.38.